The molecule has 0 aliphatic heterocycles. The standard InChI is InChI=1S/C15H18N2O2S/c1-2-3-6-14-16-10-12(17-14)8-11(15(18)19)9-13-5-4-7-20-13/h4-5,7-8,10H,2-3,6,9H2,1H3,(H,16,17)(H,18,19)/b11-8+. The van der Waals surface area contributed by atoms with Crippen molar-refractivity contribution in [2.75, 3.05) is 0 Å². The first kappa shape index (κ1) is 14.5. The highest BCUT2D eigenvalue weighted by Crippen LogP contribution is 2.16. The van der Waals surface area contributed by atoms with Gasteiger partial charge in [-0.2, -0.15) is 0 Å². The number of aliphatic carboxylic acids is 1. The zero-order valence-electron chi connectivity index (χ0n) is 11.4. The van der Waals surface area contributed by atoms with Crippen molar-refractivity contribution in [2.45, 2.75) is 32.6 Å². The number of carboxylic acids is 1. The van der Waals surface area contributed by atoms with Gasteiger partial charge < -0.3 is 10.1 Å². The zero-order valence-corrected chi connectivity index (χ0v) is 12.2. The SMILES string of the molecule is CCCCc1ncc(/C=C(\Cc2cccs2)C(=O)O)[nH]1. The van der Waals surface area contributed by atoms with E-state index in [0.717, 1.165) is 35.7 Å². The molecular formula is C15H18N2O2S. The van der Waals surface area contributed by atoms with Gasteiger partial charge in [-0.25, -0.2) is 9.78 Å². The summed E-state index contributed by atoms with van der Waals surface area (Å²) in [7, 11) is 0. The van der Waals surface area contributed by atoms with E-state index in [1.165, 1.54) is 0 Å². The predicted molar refractivity (Wildman–Crippen MR) is 80.8 cm³/mol. The Hall–Kier alpha value is -1.88. The van der Waals surface area contributed by atoms with Crippen molar-refractivity contribution < 1.29 is 9.90 Å². The van der Waals surface area contributed by atoms with Crippen molar-refractivity contribution >= 4 is 23.4 Å². The number of carbonyl (C=O) groups is 1. The quantitative estimate of drug-likeness (QED) is 0.767. The molecule has 5 heteroatoms. The molecule has 20 heavy (non-hydrogen) atoms. The summed E-state index contributed by atoms with van der Waals surface area (Å²) >= 11 is 1.57. The normalized spacial score (nSPS) is 11.8. The topological polar surface area (TPSA) is 66.0 Å². The summed E-state index contributed by atoms with van der Waals surface area (Å²) in [5.74, 6) is 0.0297. The van der Waals surface area contributed by atoms with E-state index in [2.05, 4.69) is 16.9 Å². The van der Waals surface area contributed by atoms with E-state index in [1.807, 2.05) is 17.5 Å². The number of hydrogen-bond donors (Lipinski definition) is 2. The van der Waals surface area contributed by atoms with Crippen molar-refractivity contribution in [3.8, 4) is 0 Å². The van der Waals surface area contributed by atoms with Crippen LogP contribution >= 0.6 is 11.3 Å². The predicted octanol–water partition coefficient (Wildman–Crippen LogP) is 3.52. The first-order chi connectivity index (χ1) is 9.69. The molecule has 0 saturated carbocycles. The number of rotatable bonds is 7. The minimum Gasteiger partial charge on any atom is -0.478 e. The molecule has 0 atom stereocenters. The minimum absolute atomic E-state index is 0.373. The van der Waals surface area contributed by atoms with Gasteiger partial charge >= 0.3 is 5.97 Å². The van der Waals surface area contributed by atoms with Crippen LogP contribution in [0, 0.1) is 0 Å². The molecule has 0 unspecified atom stereocenters. The fourth-order valence-corrected chi connectivity index (χ4v) is 2.63. The van der Waals surface area contributed by atoms with Crippen LogP contribution in [0.15, 0.2) is 29.3 Å². The lowest BCUT2D eigenvalue weighted by Crippen LogP contribution is -2.03. The third-order valence-corrected chi connectivity index (χ3v) is 3.84. The van der Waals surface area contributed by atoms with E-state index in [0.29, 0.717) is 12.0 Å². The minimum atomic E-state index is -0.886. The van der Waals surface area contributed by atoms with Gasteiger partial charge in [0.05, 0.1) is 11.9 Å². The van der Waals surface area contributed by atoms with Crippen LogP contribution in [-0.2, 0) is 17.6 Å². The van der Waals surface area contributed by atoms with E-state index >= 15 is 0 Å². The van der Waals surface area contributed by atoms with Crippen molar-refractivity contribution in [1.82, 2.24) is 9.97 Å². The number of carboxylic acid groups (broad SMARTS) is 1. The maximum absolute atomic E-state index is 11.3. The summed E-state index contributed by atoms with van der Waals surface area (Å²) in [5, 5.41) is 11.2. The maximum Gasteiger partial charge on any atom is 0.332 e. The van der Waals surface area contributed by atoms with Crippen LogP contribution in [0.4, 0.5) is 0 Å². The van der Waals surface area contributed by atoms with Gasteiger partial charge in [-0.1, -0.05) is 19.4 Å². The number of unbranched alkanes of at least 4 members (excludes halogenated alkanes) is 1. The molecule has 2 aromatic heterocycles. The molecule has 0 aromatic carbocycles. The Morgan fingerprint density at radius 1 is 1.55 bits per heavy atom. The summed E-state index contributed by atoms with van der Waals surface area (Å²) in [5.41, 5.74) is 1.13. The first-order valence-electron chi connectivity index (χ1n) is 6.69. The molecule has 4 nitrogen and oxygen atoms in total. The lowest BCUT2D eigenvalue weighted by atomic mass is 10.1. The Morgan fingerprint density at radius 2 is 2.40 bits per heavy atom. The fraction of sp³-hybridized carbons (Fsp3) is 0.333. The van der Waals surface area contributed by atoms with Gasteiger partial charge in [-0.15, -0.1) is 11.3 Å². The largest absolute Gasteiger partial charge is 0.478 e. The van der Waals surface area contributed by atoms with Crippen LogP contribution in [0.25, 0.3) is 6.08 Å². The van der Waals surface area contributed by atoms with Gasteiger partial charge in [0.25, 0.3) is 0 Å². The molecule has 0 fully saturated rings. The highest BCUT2D eigenvalue weighted by Gasteiger charge is 2.10. The third kappa shape index (κ3) is 4.06. The summed E-state index contributed by atoms with van der Waals surface area (Å²) in [6, 6.07) is 3.87. The molecule has 0 spiro atoms. The Labute approximate surface area is 122 Å². The summed E-state index contributed by atoms with van der Waals surface area (Å²) in [6.45, 7) is 2.13. The second-order valence-electron chi connectivity index (χ2n) is 4.62. The summed E-state index contributed by atoms with van der Waals surface area (Å²) in [6.07, 6.45) is 6.91. The summed E-state index contributed by atoms with van der Waals surface area (Å²) in [4.78, 5) is 19.8. The van der Waals surface area contributed by atoms with E-state index in [-0.39, 0.29) is 0 Å². The molecule has 2 N–H and O–H groups in total. The first-order valence-corrected chi connectivity index (χ1v) is 7.57. The maximum atomic E-state index is 11.3. The number of imidazole rings is 1. The molecule has 2 aromatic rings. The highest BCUT2D eigenvalue weighted by molar-refractivity contribution is 7.09. The van der Waals surface area contributed by atoms with Gasteiger partial charge in [0.1, 0.15) is 5.82 Å². The number of nitrogens with zero attached hydrogens (tertiary/aromatic N) is 1. The van der Waals surface area contributed by atoms with Crippen molar-refractivity contribution in [3.05, 3.63) is 45.7 Å². The number of aromatic amines is 1. The number of hydrogen-bond acceptors (Lipinski definition) is 3. The van der Waals surface area contributed by atoms with Crippen molar-refractivity contribution in [2.24, 2.45) is 0 Å². The molecule has 0 radical (unpaired) electrons. The molecule has 2 rings (SSSR count). The van der Waals surface area contributed by atoms with E-state index in [9.17, 15) is 9.90 Å². The Bertz CT molecular complexity index is 585. The van der Waals surface area contributed by atoms with Crippen molar-refractivity contribution in [1.29, 1.82) is 0 Å². The number of aromatic nitrogens is 2. The van der Waals surface area contributed by atoms with Crippen molar-refractivity contribution in [3.63, 3.8) is 0 Å². The average Bonchev–Trinajstić information content (AvgIpc) is 3.07. The van der Waals surface area contributed by atoms with Gasteiger partial charge in [0.2, 0.25) is 0 Å². The molecule has 2 heterocycles. The van der Waals surface area contributed by atoms with Gasteiger partial charge in [-0.05, 0) is 23.9 Å². The molecule has 106 valence electrons. The van der Waals surface area contributed by atoms with E-state index in [1.54, 1.807) is 23.6 Å². The molecule has 0 saturated heterocycles. The van der Waals surface area contributed by atoms with Crippen LogP contribution in [0.3, 0.4) is 0 Å². The fourth-order valence-electron chi connectivity index (χ4n) is 1.90. The van der Waals surface area contributed by atoms with Gasteiger partial charge in [-0.3, -0.25) is 0 Å². The zero-order chi connectivity index (χ0) is 14.4. The molecular weight excluding hydrogens is 272 g/mol. The molecule has 0 aliphatic carbocycles. The second-order valence-corrected chi connectivity index (χ2v) is 5.65. The molecule has 0 bridgehead atoms. The lowest BCUT2D eigenvalue weighted by molar-refractivity contribution is -0.132. The average molecular weight is 290 g/mol. The van der Waals surface area contributed by atoms with Crippen LogP contribution in [-0.4, -0.2) is 21.0 Å². The molecule has 0 amide bonds. The monoisotopic (exact) mass is 290 g/mol. The van der Waals surface area contributed by atoms with E-state index < -0.39 is 5.97 Å². The third-order valence-electron chi connectivity index (χ3n) is 2.96. The van der Waals surface area contributed by atoms with Crippen LogP contribution in [0.1, 0.15) is 36.2 Å². The number of thiophene rings is 1. The Balaban J connectivity index is 2.12. The van der Waals surface area contributed by atoms with E-state index in [4.69, 9.17) is 0 Å². The smallest absolute Gasteiger partial charge is 0.332 e. The van der Waals surface area contributed by atoms with Gasteiger partial charge in [0.15, 0.2) is 0 Å². The number of H-pyrrole nitrogens is 1. The van der Waals surface area contributed by atoms with Crippen LogP contribution < -0.4 is 0 Å². The number of nitrogens with one attached hydrogen (secondary N) is 1. The Kier molecular flexibility index (Phi) is 5.12. The lowest BCUT2D eigenvalue weighted by Gasteiger charge is -1.99. The van der Waals surface area contributed by atoms with Crippen LogP contribution in [0.2, 0.25) is 0 Å². The number of aryl methyl sites for hydroxylation is 1. The van der Waals surface area contributed by atoms with Gasteiger partial charge in [0, 0.05) is 23.3 Å². The molecule has 0 aliphatic rings. The Morgan fingerprint density at radius 3 is 3.05 bits per heavy atom. The summed E-state index contributed by atoms with van der Waals surface area (Å²) < 4.78 is 0. The highest BCUT2D eigenvalue weighted by atomic mass is 32.1. The second kappa shape index (κ2) is 7.05. The van der Waals surface area contributed by atoms with Crippen LogP contribution in [0.5, 0.6) is 0 Å².